The Bertz CT molecular complexity index is 1190. The van der Waals surface area contributed by atoms with Crippen molar-refractivity contribution in [2.24, 2.45) is 5.92 Å². The lowest BCUT2D eigenvalue weighted by atomic mass is 9.83. The summed E-state index contributed by atoms with van der Waals surface area (Å²) in [7, 11) is 0. The van der Waals surface area contributed by atoms with Crippen LogP contribution in [-0.4, -0.2) is 76.8 Å². The molecule has 10 heteroatoms. The molecule has 2 fully saturated rings. The number of pyridine rings is 1. The second-order valence-corrected chi connectivity index (χ2v) is 9.75. The molecule has 2 atom stereocenters. The maximum atomic E-state index is 12.8. The Morgan fingerprint density at radius 3 is 2.43 bits per heavy atom. The molecule has 1 aromatic heterocycles. The van der Waals surface area contributed by atoms with Crippen molar-refractivity contribution in [1.82, 2.24) is 14.4 Å². The van der Waals surface area contributed by atoms with Crippen LogP contribution in [0.4, 0.5) is 11.4 Å². The number of nitro benzene ring substituents is 1. The Kier molecular flexibility index (Phi) is 6.38. The standard InChI is InChI=1S/C25H29N5O5/c31-22(17-26-14-18-12-19(16-26)23-2-1-3-24(32)29(23)15-18)13-25(33)28-10-8-27(9-11-28)20-4-6-21(7-5-20)30(34)35/h1-7,18-19H,8-17H2. The van der Waals surface area contributed by atoms with Gasteiger partial charge in [0.05, 0.1) is 17.9 Å². The number of Topliss-reactive ketones (excluding diaryl/α,β-unsaturated/α-hetero) is 1. The number of fused-ring (bicyclic) bond motifs is 4. The minimum absolute atomic E-state index is 0.0426. The number of ketones is 1. The second kappa shape index (κ2) is 9.61. The quantitative estimate of drug-likeness (QED) is 0.351. The van der Waals surface area contributed by atoms with E-state index >= 15 is 0 Å². The highest BCUT2D eigenvalue weighted by Gasteiger charge is 2.35. The van der Waals surface area contributed by atoms with E-state index in [1.54, 1.807) is 29.2 Å². The number of nitrogens with zero attached hydrogens (tertiary/aromatic N) is 5. The van der Waals surface area contributed by atoms with Crippen molar-refractivity contribution in [2.75, 3.05) is 50.7 Å². The van der Waals surface area contributed by atoms with Crippen molar-refractivity contribution in [3.05, 3.63) is 68.6 Å². The first-order valence-electron chi connectivity index (χ1n) is 12.1. The zero-order chi connectivity index (χ0) is 24.5. The number of piperazine rings is 1. The van der Waals surface area contributed by atoms with Crippen LogP contribution < -0.4 is 10.5 Å². The molecule has 184 valence electrons. The summed E-state index contributed by atoms with van der Waals surface area (Å²) in [5.41, 5.74) is 2.03. The molecule has 0 spiro atoms. The van der Waals surface area contributed by atoms with Gasteiger partial charge < -0.3 is 14.4 Å². The van der Waals surface area contributed by atoms with Gasteiger partial charge in [0.2, 0.25) is 5.91 Å². The average Bonchev–Trinajstić information content (AvgIpc) is 2.85. The predicted octanol–water partition coefficient (Wildman–Crippen LogP) is 1.48. The van der Waals surface area contributed by atoms with Crippen molar-refractivity contribution in [3.8, 4) is 0 Å². The summed E-state index contributed by atoms with van der Waals surface area (Å²) in [6.07, 6.45) is 0.936. The van der Waals surface area contributed by atoms with Gasteiger partial charge in [-0.05, 0) is 30.5 Å². The smallest absolute Gasteiger partial charge is 0.269 e. The molecule has 5 rings (SSSR count). The lowest BCUT2D eigenvalue weighted by molar-refractivity contribution is -0.384. The van der Waals surface area contributed by atoms with E-state index in [0.29, 0.717) is 38.6 Å². The maximum absolute atomic E-state index is 12.8. The number of anilines is 1. The first-order valence-corrected chi connectivity index (χ1v) is 12.1. The predicted molar refractivity (Wildman–Crippen MR) is 130 cm³/mol. The Morgan fingerprint density at radius 1 is 0.971 bits per heavy atom. The van der Waals surface area contributed by atoms with Crippen LogP contribution in [0.3, 0.4) is 0 Å². The SMILES string of the molecule is O=C(CC(=O)N1CCN(c2ccc([N+](=O)[O-])cc2)CC1)CN1CC2CC(C1)c1cccc(=O)n1C2. The molecule has 2 bridgehead atoms. The minimum atomic E-state index is -0.423. The molecular weight excluding hydrogens is 450 g/mol. The molecule has 35 heavy (non-hydrogen) atoms. The highest BCUT2D eigenvalue weighted by Crippen LogP contribution is 2.34. The fraction of sp³-hybridized carbons (Fsp3) is 0.480. The number of amides is 1. The number of carbonyl (C=O) groups excluding carboxylic acids is 2. The molecule has 0 aliphatic carbocycles. The van der Waals surface area contributed by atoms with Gasteiger partial charge in [0, 0.05) is 81.3 Å². The van der Waals surface area contributed by atoms with Crippen molar-refractivity contribution in [3.63, 3.8) is 0 Å². The second-order valence-electron chi connectivity index (χ2n) is 9.75. The molecule has 2 aromatic rings. The van der Waals surface area contributed by atoms with Crippen molar-refractivity contribution < 1.29 is 14.5 Å². The van der Waals surface area contributed by atoms with Crippen LogP contribution >= 0.6 is 0 Å². The number of hydrogen-bond acceptors (Lipinski definition) is 7. The zero-order valence-corrected chi connectivity index (χ0v) is 19.5. The summed E-state index contributed by atoms with van der Waals surface area (Å²) in [6.45, 7) is 4.72. The Labute approximate surface area is 202 Å². The van der Waals surface area contributed by atoms with Gasteiger partial charge in [0.1, 0.15) is 0 Å². The van der Waals surface area contributed by atoms with E-state index in [0.717, 1.165) is 30.9 Å². The molecule has 0 N–H and O–H groups in total. The van der Waals surface area contributed by atoms with Crippen LogP contribution in [0.25, 0.3) is 0 Å². The summed E-state index contributed by atoms with van der Waals surface area (Å²) in [6, 6.07) is 11.8. The third kappa shape index (κ3) is 4.97. The average molecular weight is 480 g/mol. The van der Waals surface area contributed by atoms with Gasteiger partial charge in [-0.15, -0.1) is 0 Å². The lowest BCUT2D eigenvalue weighted by Gasteiger charge is -2.42. The Hall–Kier alpha value is -3.53. The number of piperidine rings is 1. The molecule has 2 unspecified atom stereocenters. The molecule has 3 aliphatic heterocycles. The van der Waals surface area contributed by atoms with Crippen molar-refractivity contribution >= 4 is 23.1 Å². The van der Waals surface area contributed by atoms with E-state index in [2.05, 4.69) is 9.80 Å². The van der Waals surface area contributed by atoms with Crippen molar-refractivity contribution in [1.29, 1.82) is 0 Å². The number of benzene rings is 1. The summed E-state index contributed by atoms with van der Waals surface area (Å²) >= 11 is 0. The largest absolute Gasteiger partial charge is 0.368 e. The zero-order valence-electron chi connectivity index (χ0n) is 19.5. The number of carbonyl (C=O) groups is 2. The molecule has 10 nitrogen and oxygen atoms in total. The molecule has 1 amide bonds. The number of nitro groups is 1. The van der Waals surface area contributed by atoms with E-state index in [9.17, 15) is 24.5 Å². The highest BCUT2D eigenvalue weighted by molar-refractivity contribution is 5.99. The third-order valence-electron chi connectivity index (χ3n) is 7.36. The number of non-ortho nitro benzene ring substituents is 1. The van der Waals surface area contributed by atoms with Gasteiger partial charge in [-0.2, -0.15) is 0 Å². The fourth-order valence-electron chi connectivity index (χ4n) is 5.71. The fourth-order valence-corrected chi connectivity index (χ4v) is 5.71. The summed E-state index contributed by atoms with van der Waals surface area (Å²) in [5, 5.41) is 10.8. The third-order valence-corrected chi connectivity index (χ3v) is 7.36. The monoisotopic (exact) mass is 479 g/mol. The van der Waals surface area contributed by atoms with Crippen molar-refractivity contribution in [2.45, 2.75) is 25.3 Å². The minimum Gasteiger partial charge on any atom is -0.368 e. The van der Waals surface area contributed by atoms with Crippen LogP contribution in [-0.2, 0) is 16.1 Å². The first kappa shape index (κ1) is 23.2. The normalized spacial score (nSPS) is 21.9. The molecular formula is C25H29N5O5. The number of rotatable bonds is 6. The van der Waals surface area contributed by atoms with E-state index in [4.69, 9.17) is 0 Å². The molecule has 1 aromatic carbocycles. The van der Waals surface area contributed by atoms with Crippen LogP contribution in [0.15, 0.2) is 47.3 Å². The Morgan fingerprint density at radius 2 is 1.71 bits per heavy atom. The topological polar surface area (TPSA) is 109 Å². The van der Waals surface area contributed by atoms with Gasteiger partial charge >= 0.3 is 0 Å². The van der Waals surface area contributed by atoms with E-state index in [1.165, 1.54) is 12.1 Å². The highest BCUT2D eigenvalue weighted by atomic mass is 16.6. The van der Waals surface area contributed by atoms with Gasteiger partial charge in [0.25, 0.3) is 11.2 Å². The van der Waals surface area contributed by atoms with Crippen LogP contribution in [0.2, 0.25) is 0 Å². The van der Waals surface area contributed by atoms with Crippen LogP contribution in [0.5, 0.6) is 0 Å². The Balaban J connectivity index is 1.11. The summed E-state index contributed by atoms with van der Waals surface area (Å²) in [5.74, 6) is 0.371. The molecule has 0 radical (unpaired) electrons. The number of aromatic nitrogens is 1. The van der Waals surface area contributed by atoms with E-state index in [1.807, 2.05) is 10.6 Å². The van der Waals surface area contributed by atoms with Crippen LogP contribution in [0, 0.1) is 16.0 Å². The molecule has 3 aliphatic rings. The molecule has 4 heterocycles. The number of hydrogen-bond donors (Lipinski definition) is 0. The van der Waals surface area contributed by atoms with Crippen LogP contribution in [0.1, 0.15) is 24.5 Å². The lowest BCUT2D eigenvalue weighted by Crippen LogP contribution is -2.50. The van der Waals surface area contributed by atoms with E-state index in [-0.39, 0.29) is 41.8 Å². The van der Waals surface area contributed by atoms with Gasteiger partial charge in [-0.1, -0.05) is 6.07 Å². The van der Waals surface area contributed by atoms with Gasteiger partial charge in [-0.3, -0.25) is 29.4 Å². The maximum Gasteiger partial charge on any atom is 0.269 e. The molecule has 2 saturated heterocycles. The molecule has 0 saturated carbocycles. The summed E-state index contributed by atoms with van der Waals surface area (Å²) in [4.78, 5) is 54.1. The summed E-state index contributed by atoms with van der Waals surface area (Å²) < 4.78 is 1.87. The van der Waals surface area contributed by atoms with Gasteiger partial charge in [-0.25, -0.2) is 0 Å². The first-order chi connectivity index (χ1) is 16.9. The van der Waals surface area contributed by atoms with Gasteiger partial charge in [0.15, 0.2) is 5.78 Å². The number of likely N-dealkylation sites (tertiary alicyclic amines) is 1. The van der Waals surface area contributed by atoms with E-state index < -0.39 is 4.92 Å².